The van der Waals surface area contributed by atoms with E-state index in [1.807, 2.05) is 13.0 Å². The van der Waals surface area contributed by atoms with Crippen LogP contribution in [0.15, 0.2) is 23.8 Å². The van der Waals surface area contributed by atoms with E-state index in [1.165, 1.54) is 0 Å². The molecule has 0 unspecified atom stereocenters. The molecule has 0 heterocycles. The number of aliphatic hydroxyl groups excluding tert-OH is 1. The van der Waals surface area contributed by atoms with Crippen LogP contribution in [0.3, 0.4) is 0 Å². The van der Waals surface area contributed by atoms with E-state index in [-0.39, 0.29) is 49.1 Å². The third-order valence-corrected chi connectivity index (χ3v) is 8.76. The minimum Gasteiger partial charge on any atom is -0.446 e. The molecule has 176 valence electrons. The molecular formula is C24H31ClO7. The van der Waals surface area contributed by atoms with Crippen molar-refractivity contribution in [2.75, 3.05) is 12.7 Å². The van der Waals surface area contributed by atoms with Crippen LogP contribution in [-0.4, -0.2) is 47.4 Å². The molecule has 3 fully saturated rings. The molecule has 0 amide bonds. The van der Waals surface area contributed by atoms with Gasteiger partial charge in [-0.2, -0.15) is 0 Å². The van der Waals surface area contributed by atoms with Crippen molar-refractivity contribution >= 4 is 29.5 Å². The number of hydrogen-bond acceptors (Lipinski definition) is 7. The molecule has 32 heavy (non-hydrogen) atoms. The molecule has 8 heteroatoms. The highest BCUT2D eigenvalue weighted by Gasteiger charge is 2.71. The lowest BCUT2D eigenvalue weighted by Gasteiger charge is -2.59. The summed E-state index contributed by atoms with van der Waals surface area (Å²) in [7, 11) is 0. The third kappa shape index (κ3) is 3.23. The highest BCUT2D eigenvalue weighted by atomic mass is 35.5. The summed E-state index contributed by atoms with van der Waals surface area (Å²) in [6.45, 7) is 5.77. The summed E-state index contributed by atoms with van der Waals surface area (Å²) in [5.41, 5.74) is -1.76. The number of rotatable bonds is 4. The second-order valence-electron chi connectivity index (χ2n) is 9.90. The van der Waals surface area contributed by atoms with Crippen molar-refractivity contribution in [1.82, 2.24) is 0 Å². The maximum atomic E-state index is 13.2. The molecule has 4 aliphatic rings. The number of fused-ring (bicyclic) bond motifs is 5. The number of aliphatic hydroxyl groups is 1. The number of alkyl halides is 1. The van der Waals surface area contributed by atoms with Crippen LogP contribution in [0.1, 0.15) is 52.9 Å². The van der Waals surface area contributed by atoms with Crippen LogP contribution in [0.2, 0.25) is 0 Å². The Morgan fingerprint density at radius 3 is 2.69 bits per heavy atom. The largest absolute Gasteiger partial charge is 0.509 e. The topological polar surface area (TPSA) is 99.1 Å². The molecule has 0 aromatic rings. The maximum absolute atomic E-state index is 13.2. The lowest BCUT2D eigenvalue weighted by Crippen LogP contribution is -2.62. The standard InChI is InChI=1S/C24H31ClO7/c1-4-30-21(29)32-24(20(28)31-13-25)10-8-17-16-6-5-14-11-15(26)7-9-22(14,2)19(16)18(27)12-23(17,24)3/h7,9,11,16-19,27H,4-6,8,10,12-13H2,1-3H3/t16-,17-,18+,19-,22+,23+,24+/m1/s1. The molecule has 0 bridgehead atoms. The predicted molar refractivity (Wildman–Crippen MR) is 116 cm³/mol. The van der Waals surface area contributed by atoms with E-state index in [9.17, 15) is 19.5 Å². The van der Waals surface area contributed by atoms with Crippen molar-refractivity contribution in [3.63, 3.8) is 0 Å². The van der Waals surface area contributed by atoms with E-state index in [1.54, 1.807) is 19.1 Å². The minimum absolute atomic E-state index is 0.0161. The van der Waals surface area contributed by atoms with Gasteiger partial charge in [-0.15, -0.1) is 0 Å². The molecule has 0 radical (unpaired) electrons. The molecule has 0 aliphatic heterocycles. The van der Waals surface area contributed by atoms with Crippen molar-refractivity contribution < 1.29 is 33.7 Å². The van der Waals surface area contributed by atoms with Crippen LogP contribution in [0.25, 0.3) is 0 Å². The molecule has 7 nitrogen and oxygen atoms in total. The summed E-state index contributed by atoms with van der Waals surface area (Å²) in [6.07, 6.45) is 6.31. The normalized spacial score (nSPS) is 42.3. The monoisotopic (exact) mass is 466 g/mol. The molecule has 7 atom stereocenters. The summed E-state index contributed by atoms with van der Waals surface area (Å²) >= 11 is 5.70. The first-order valence-corrected chi connectivity index (χ1v) is 11.9. The van der Waals surface area contributed by atoms with Crippen LogP contribution in [-0.2, 0) is 23.8 Å². The first-order valence-electron chi connectivity index (χ1n) is 11.3. The Balaban J connectivity index is 1.73. The van der Waals surface area contributed by atoms with Gasteiger partial charge in [-0.3, -0.25) is 4.79 Å². The Bertz CT molecular complexity index is 882. The summed E-state index contributed by atoms with van der Waals surface area (Å²) in [6, 6.07) is -0.354. The molecule has 0 spiro atoms. The van der Waals surface area contributed by atoms with Gasteiger partial charge in [0.1, 0.15) is 0 Å². The van der Waals surface area contributed by atoms with E-state index in [0.717, 1.165) is 18.4 Å². The lowest BCUT2D eigenvalue weighted by molar-refractivity contribution is -0.199. The first-order chi connectivity index (χ1) is 15.1. The number of carbonyl (C=O) groups excluding carboxylic acids is 3. The third-order valence-electron chi connectivity index (χ3n) is 8.65. The smallest absolute Gasteiger partial charge is 0.446 e. The highest BCUT2D eigenvalue weighted by molar-refractivity contribution is 6.17. The molecule has 1 N–H and O–H groups in total. The van der Waals surface area contributed by atoms with Crippen molar-refractivity contribution in [3.05, 3.63) is 23.8 Å². The van der Waals surface area contributed by atoms with Gasteiger partial charge in [0.05, 0.1) is 12.7 Å². The molecule has 4 aliphatic carbocycles. The number of esters is 1. The number of hydrogen-bond donors (Lipinski definition) is 1. The first kappa shape index (κ1) is 23.3. The van der Waals surface area contributed by atoms with Crippen molar-refractivity contribution in [3.8, 4) is 0 Å². The summed E-state index contributed by atoms with van der Waals surface area (Å²) in [5.74, 6) is -0.676. The molecule has 0 aromatic carbocycles. The zero-order valence-electron chi connectivity index (χ0n) is 18.8. The summed E-state index contributed by atoms with van der Waals surface area (Å²) in [5, 5.41) is 11.5. The van der Waals surface area contributed by atoms with Gasteiger partial charge in [-0.1, -0.05) is 37.1 Å². The molecule has 3 saturated carbocycles. The van der Waals surface area contributed by atoms with Crippen molar-refractivity contribution in [2.24, 2.45) is 28.6 Å². The van der Waals surface area contributed by atoms with Gasteiger partial charge < -0.3 is 19.3 Å². The fourth-order valence-electron chi connectivity index (χ4n) is 7.31. The average Bonchev–Trinajstić information content (AvgIpc) is 3.01. The number of halogens is 1. The van der Waals surface area contributed by atoms with Gasteiger partial charge in [-0.05, 0) is 63.0 Å². The Kier molecular flexibility index (Phi) is 5.95. The van der Waals surface area contributed by atoms with E-state index in [0.29, 0.717) is 6.42 Å². The number of carbonyl (C=O) groups is 3. The molecular weight excluding hydrogens is 436 g/mol. The zero-order valence-corrected chi connectivity index (χ0v) is 19.5. The summed E-state index contributed by atoms with van der Waals surface area (Å²) < 4.78 is 15.9. The zero-order chi connectivity index (χ0) is 23.3. The minimum atomic E-state index is -1.57. The van der Waals surface area contributed by atoms with Crippen LogP contribution >= 0.6 is 11.6 Å². The molecule has 4 rings (SSSR count). The van der Waals surface area contributed by atoms with E-state index in [2.05, 4.69) is 6.92 Å². The quantitative estimate of drug-likeness (QED) is 0.495. The molecule has 0 saturated heterocycles. The Morgan fingerprint density at radius 2 is 2.00 bits per heavy atom. The number of allylic oxidation sites excluding steroid dienone is 4. The van der Waals surface area contributed by atoms with Gasteiger partial charge in [0.2, 0.25) is 5.60 Å². The SMILES string of the molecule is CCOC(=O)O[C@]1(C(=O)OCCl)CC[C@@H]2[C@H]3CCC4=CC(=O)C=C[C@]4(C)[C@H]3[C@@H](O)C[C@@]21C. The lowest BCUT2D eigenvalue weighted by atomic mass is 9.46. The fraction of sp³-hybridized carbons (Fsp3) is 0.708. The Morgan fingerprint density at radius 1 is 1.25 bits per heavy atom. The predicted octanol–water partition coefficient (Wildman–Crippen LogP) is 3.92. The fourth-order valence-corrected chi connectivity index (χ4v) is 7.41. The van der Waals surface area contributed by atoms with Gasteiger partial charge >= 0.3 is 12.1 Å². The summed E-state index contributed by atoms with van der Waals surface area (Å²) in [4.78, 5) is 37.5. The number of ketones is 1. The van der Waals surface area contributed by atoms with E-state index in [4.69, 9.17) is 25.8 Å². The number of ether oxygens (including phenoxy) is 3. The Labute approximate surface area is 193 Å². The van der Waals surface area contributed by atoms with Gasteiger partial charge in [0.15, 0.2) is 11.8 Å². The van der Waals surface area contributed by atoms with Crippen molar-refractivity contribution in [1.29, 1.82) is 0 Å². The van der Waals surface area contributed by atoms with E-state index >= 15 is 0 Å². The van der Waals surface area contributed by atoms with Crippen LogP contribution in [0.5, 0.6) is 0 Å². The highest BCUT2D eigenvalue weighted by Crippen LogP contribution is 2.68. The van der Waals surface area contributed by atoms with Gasteiger partial charge in [-0.25, -0.2) is 9.59 Å². The second kappa shape index (κ2) is 8.17. The van der Waals surface area contributed by atoms with E-state index < -0.39 is 34.7 Å². The Hall–Kier alpha value is -1.86. The van der Waals surface area contributed by atoms with Crippen LogP contribution in [0.4, 0.5) is 4.79 Å². The average molecular weight is 467 g/mol. The van der Waals surface area contributed by atoms with Crippen molar-refractivity contribution in [2.45, 2.75) is 64.6 Å². The molecule has 0 aromatic heterocycles. The second-order valence-corrected chi connectivity index (χ2v) is 10.1. The van der Waals surface area contributed by atoms with Gasteiger partial charge in [0, 0.05) is 16.7 Å². The maximum Gasteiger partial charge on any atom is 0.509 e. The van der Waals surface area contributed by atoms with Crippen LogP contribution < -0.4 is 0 Å². The van der Waals surface area contributed by atoms with Crippen LogP contribution in [0, 0.1) is 28.6 Å². The van der Waals surface area contributed by atoms with Gasteiger partial charge in [0.25, 0.3) is 0 Å².